The molecule has 2 aromatic heterocycles. The molecular formula is C14H15N7. The van der Waals surface area contributed by atoms with E-state index >= 15 is 0 Å². The summed E-state index contributed by atoms with van der Waals surface area (Å²) in [6, 6.07) is 10.5. The number of aromatic nitrogens is 7. The first-order chi connectivity index (χ1) is 10.3. The predicted molar refractivity (Wildman–Crippen MR) is 75.4 cm³/mol. The van der Waals surface area contributed by atoms with Gasteiger partial charge in [-0.2, -0.15) is 5.10 Å². The van der Waals surface area contributed by atoms with Gasteiger partial charge in [0, 0.05) is 5.56 Å². The first-order valence-corrected chi connectivity index (χ1v) is 7.05. The average molecular weight is 281 g/mol. The summed E-state index contributed by atoms with van der Waals surface area (Å²) >= 11 is 0. The standard InChI is InChI=1S/C14H15N7/c1-10-15-14(11-5-3-2-4-6-11)20(17-10)9-13-16-18-19-21(13)12-7-8-12/h2-6,12H,7-9H2,1H3. The van der Waals surface area contributed by atoms with Crippen molar-refractivity contribution in [1.29, 1.82) is 0 Å². The Hall–Kier alpha value is -2.57. The second-order valence-electron chi connectivity index (χ2n) is 5.28. The van der Waals surface area contributed by atoms with Gasteiger partial charge in [-0.3, -0.25) is 0 Å². The molecule has 2 heterocycles. The van der Waals surface area contributed by atoms with E-state index in [1.54, 1.807) is 0 Å². The summed E-state index contributed by atoms with van der Waals surface area (Å²) in [5.74, 6) is 2.43. The van der Waals surface area contributed by atoms with Crippen LogP contribution in [-0.4, -0.2) is 35.0 Å². The molecule has 1 aliphatic carbocycles. The van der Waals surface area contributed by atoms with Gasteiger partial charge in [0.15, 0.2) is 11.6 Å². The van der Waals surface area contributed by atoms with E-state index in [9.17, 15) is 0 Å². The van der Waals surface area contributed by atoms with Crippen LogP contribution in [-0.2, 0) is 6.54 Å². The topological polar surface area (TPSA) is 74.3 Å². The molecule has 0 saturated heterocycles. The van der Waals surface area contributed by atoms with Crippen LogP contribution in [0.3, 0.4) is 0 Å². The molecule has 7 nitrogen and oxygen atoms in total. The molecular weight excluding hydrogens is 266 g/mol. The summed E-state index contributed by atoms with van der Waals surface area (Å²) in [5.41, 5.74) is 1.04. The van der Waals surface area contributed by atoms with Crippen LogP contribution in [0, 0.1) is 6.92 Å². The molecule has 3 aromatic rings. The van der Waals surface area contributed by atoms with Crippen LogP contribution in [0.1, 0.15) is 30.5 Å². The van der Waals surface area contributed by atoms with Gasteiger partial charge in [-0.05, 0) is 30.2 Å². The van der Waals surface area contributed by atoms with Crippen molar-refractivity contribution in [2.24, 2.45) is 0 Å². The fourth-order valence-electron chi connectivity index (χ4n) is 2.42. The first-order valence-electron chi connectivity index (χ1n) is 7.05. The summed E-state index contributed by atoms with van der Waals surface area (Å²) in [6.07, 6.45) is 2.31. The highest BCUT2D eigenvalue weighted by atomic mass is 15.6. The normalized spacial score (nSPS) is 14.5. The van der Waals surface area contributed by atoms with Gasteiger partial charge in [0.2, 0.25) is 0 Å². The molecule has 1 aliphatic rings. The molecule has 0 N–H and O–H groups in total. The van der Waals surface area contributed by atoms with Gasteiger partial charge in [-0.15, -0.1) is 5.10 Å². The van der Waals surface area contributed by atoms with E-state index in [0.717, 1.165) is 35.9 Å². The van der Waals surface area contributed by atoms with Gasteiger partial charge in [0.1, 0.15) is 12.4 Å². The third kappa shape index (κ3) is 2.31. The maximum absolute atomic E-state index is 4.53. The lowest BCUT2D eigenvalue weighted by molar-refractivity contribution is 0.551. The van der Waals surface area contributed by atoms with Gasteiger partial charge >= 0.3 is 0 Å². The summed E-state index contributed by atoms with van der Waals surface area (Å²) in [6.45, 7) is 2.43. The maximum Gasteiger partial charge on any atom is 0.173 e. The fourth-order valence-corrected chi connectivity index (χ4v) is 2.42. The summed E-state index contributed by atoms with van der Waals surface area (Å²) in [5, 5.41) is 16.5. The second-order valence-corrected chi connectivity index (χ2v) is 5.28. The highest BCUT2D eigenvalue weighted by molar-refractivity contribution is 5.54. The van der Waals surface area contributed by atoms with E-state index in [0.29, 0.717) is 12.6 Å². The Bertz CT molecular complexity index is 755. The molecule has 1 saturated carbocycles. The number of nitrogens with zero attached hydrogens (tertiary/aromatic N) is 7. The molecule has 0 aliphatic heterocycles. The number of hydrogen-bond donors (Lipinski definition) is 0. The molecule has 0 atom stereocenters. The van der Waals surface area contributed by atoms with Gasteiger partial charge < -0.3 is 0 Å². The molecule has 4 rings (SSSR count). The van der Waals surface area contributed by atoms with Gasteiger partial charge in [-0.1, -0.05) is 30.3 Å². The Morgan fingerprint density at radius 1 is 1.19 bits per heavy atom. The highest BCUT2D eigenvalue weighted by Crippen LogP contribution is 2.34. The van der Waals surface area contributed by atoms with Gasteiger partial charge in [0.25, 0.3) is 0 Å². The van der Waals surface area contributed by atoms with Crippen molar-refractivity contribution < 1.29 is 0 Å². The summed E-state index contributed by atoms with van der Waals surface area (Å²) in [4.78, 5) is 4.53. The molecule has 21 heavy (non-hydrogen) atoms. The molecule has 0 unspecified atom stereocenters. The lowest BCUT2D eigenvalue weighted by Crippen LogP contribution is -2.11. The lowest BCUT2D eigenvalue weighted by atomic mass is 10.2. The third-order valence-corrected chi connectivity index (χ3v) is 3.55. The van der Waals surface area contributed by atoms with Crippen molar-refractivity contribution >= 4 is 0 Å². The number of hydrogen-bond acceptors (Lipinski definition) is 5. The highest BCUT2D eigenvalue weighted by Gasteiger charge is 2.28. The Balaban J connectivity index is 1.70. The number of rotatable bonds is 4. The zero-order valence-electron chi connectivity index (χ0n) is 11.7. The predicted octanol–water partition coefficient (Wildman–Crippen LogP) is 1.62. The van der Waals surface area contributed by atoms with Crippen molar-refractivity contribution in [1.82, 2.24) is 35.0 Å². The molecule has 0 bridgehead atoms. The third-order valence-electron chi connectivity index (χ3n) is 3.55. The van der Waals surface area contributed by atoms with Crippen LogP contribution >= 0.6 is 0 Å². The van der Waals surface area contributed by atoms with Crippen molar-refractivity contribution in [3.8, 4) is 11.4 Å². The Labute approximate surface area is 121 Å². The van der Waals surface area contributed by atoms with E-state index in [1.165, 1.54) is 0 Å². The fraction of sp³-hybridized carbons (Fsp3) is 0.357. The minimum Gasteiger partial charge on any atom is -0.238 e. The molecule has 106 valence electrons. The van der Waals surface area contributed by atoms with Crippen molar-refractivity contribution in [2.45, 2.75) is 32.4 Å². The summed E-state index contributed by atoms with van der Waals surface area (Å²) < 4.78 is 3.78. The van der Waals surface area contributed by atoms with Crippen LogP contribution < -0.4 is 0 Å². The van der Waals surface area contributed by atoms with Crippen molar-refractivity contribution in [3.05, 3.63) is 42.0 Å². The van der Waals surface area contributed by atoms with Gasteiger partial charge in [0.05, 0.1) is 6.04 Å². The molecule has 0 amide bonds. The maximum atomic E-state index is 4.53. The zero-order valence-corrected chi connectivity index (χ0v) is 11.7. The number of benzene rings is 1. The molecule has 0 radical (unpaired) electrons. The molecule has 0 spiro atoms. The number of tetrazole rings is 1. The van der Waals surface area contributed by atoms with Gasteiger partial charge in [-0.25, -0.2) is 14.3 Å². The number of aryl methyl sites for hydroxylation is 1. The minimum atomic E-state index is 0.458. The SMILES string of the molecule is Cc1nc(-c2ccccc2)n(Cc2nnnn2C2CC2)n1. The van der Waals surface area contributed by atoms with Crippen molar-refractivity contribution in [2.75, 3.05) is 0 Å². The molecule has 1 aromatic carbocycles. The Kier molecular flexibility index (Phi) is 2.77. The molecule has 7 heteroatoms. The van der Waals surface area contributed by atoms with Crippen molar-refractivity contribution in [3.63, 3.8) is 0 Å². The largest absolute Gasteiger partial charge is 0.238 e. The molecule has 1 fully saturated rings. The smallest absolute Gasteiger partial charge is 0.173 e. The van der Waals surface area contributed by atoms with E-state index in [1.807, 2.05) is 46.6 Å². The zero-order chi connectivity index (χ0) is 14.2. The van der Waals surface area contributed by atoms with E-state index in [4.69, 9.17) is 0 Å². The lowest BCUT2D eigenvalue weighted by Gasteiger charge is -2.06. The van der Waals surface area contributed by atoms with Crippen LogP contribution in [0.15, 0.2) is 30.3 Å². The van der Waals surface area contributed by atoms with Crippen LogP contribution in [0.2, 0.25) is 0 Å². The van der Waals surface area contributed by atoms with E-state index in [2.05, 4.69) is 25.6 Å². The summed E-state index contributed by atoms with van der Waals surface area (Å²) in [7, 11) is 0. The first kappa shape index (κ1) is 12.2. The monoisotopic (exact) mass is 281 g/mol. The average Bonchev–Trinajstić information content (AvgIpc) is 3.14. The Morgan fingerprint density at radius 2 is 2.00 bits per heavy atom. The Morgan fingerprint density at radius 3 is 2.76 bits per heavy atom. The van der Waals surface area contributed by atoms with Crippen LogP contribution in [0.5, 0.6) is 0 Å². The van der Waals surface area contributed by atoms with Crippen LogP contribution in [0.25, 0.3) is 11.4 Å². The quantitative estimate of drug-likeness (QED) is 0.726. The van der Waals surface area contributed by atoms with E-state index < -0.39 is 0 Å². The minimum absolute atomic E-state index is 0.458. The second kappa shape index (κ2) is 4.76. The van der Waals surface area contributed by atoms with E-state index in [-0.39, 0.29) is 0 Å². The van der Waals surface area contributed by atoms with Crippen LogP contribution in [0.4, 0.5) is 0 Å².